The summed E-state index contributed by atoms with van der Waals surface area (Å²) in [5.41, 5.74) is 2.02. The Morgan fingerprint density at radius 1 is 1.05 bits per heavy atom. The summed E-state index contributed by atoms with van der Waals surface area (Å²) in [6, 6.07) is 14.3. The van der Waals surface area contributed by atoms with Crippen LogP contribution in [0.4, 0.5) is 24.5 Å². The van der Waals surface area contributed by atoms with E-state index < -0.39 is 30.0 Å². The Labute approximate surface area is 226 Å². The number of hydrogen-bond acceptors (Lipinski definition) is 6. The number of ether oxygens (including phenoxy) is 3. The molecular formula is C27H24ClF3N2O6. The fraction of sp³-hybridized carbons (Fsp3) is 0.259. The van der Waals surface area contributed by atoms with Crippen molar-refractivity contribution < 1.29 is 42.1 Å². The first-order chi connectivity index (χ1) is 18.5. The maximum Gasteiger partial charge on any atom is 0.573 e. The maximum absolute atomic E-state index is 13.9. The van der Waals surface area contributed by atoms with Crippen LogP contribution in [0, 0.1) is 0 Å². The lowest BCUT2D eigenvalue weighted by Gasteiger charge is -2.26. The molecule has 0 bridgehead atoms. The van der Waals surface area contributed by atoms with Crippen molar-refractivity contribution in [3.63, 3.8) is 0 Å². The van der Waals surface area contributed by atoms with Crippen LogP contribution >= 0.6 is 11.6 Å². The highest BCUT2D eigenvalue weighted by molar-refractivity contribution is 6.30. The average Bonchev–Trinajstić information content (AvgIpc) is 3.29. The average molecular weight is 565 g/mol. The summed E-state index contributed by atoms with van der Waals surface area (Å²) < 4.78 is 53.4. The number of carboxylic acids is 1. The summed E-state index contributed by atoms with van der Waals surface area (Å²) in [6.07, 6.45) is -4.62. The summed E-state index contributed by atoms with van der Waals surface area (Å²) >= 11 is 6.06. The largest absolute Gasteiger partial charge is 0.573 e. The second kappa shape index (κ2) is 11.7. The van der Waals surface area contributed by atoms with Crippen LogP contribution in [-0.4, -0.2) is 43.6 Å². The minimum Gasteiger partial charge on any atom is -0.497 e. The van der Waals surface area contributed by atoms with Crippen LogP contribution in [-0.2, 0) is 16.0 Å². The number of aliphatic carboxylic acids is 1. The third kappa shape index (κ3) is 7.26. The molecule has 1 atom stereocenters. The molecule has 0 saturated carbocycles. The van der Waals surface area contributed by atoms with Crippen molar-refractivity contribution in [3.8, 4) is 17.2 Å². The molecule has 39 heavy (non-hydrogen) atoms. The van der Waals surface area contributed by atoms with E-state index in [1.165, 1.54) is 30.2 Å². The molecule has 1 heterocycles. The Hall–Kier alpha value is -4.12. The first kappa shape index (κ1) is 27.9. The second-order valence-corrected chi connectivity index (χ2v) is 9.03. The number of alkyl halides is 3. The molecule has 1 aliphatic rings. The lowest BCUT2D eigenvalue weighted by molar-refractivity contribution is -0.274. The van der Waals surface area contributed by atoms with E-state index in [1.807, 2.05) is 0 Å². The number of carboxylic acid groups (broad SMARTS) is 1. The van der Waals surface area contributed by atoms with E-state index in [-0.39, 0.29) is 19.6 Å². The number of halogens is 4. The summed E-state index contributed by atoms with van der Waals surface area (Å²) in [5, 5.41) is 12.5. The molecule has 12 heteroatoms. The SMILES string of the molecule is COc1cc(NC(C(=O)N2CCc3ccc(OC(F)(F)F)cc32)c2ccc(Cl)cc2)cc(OCCC(=O)O)c1. The molecule has 0 fully saturated rings. The number of anilines is 2. The highest BCUT2D eigenvalue weighted by Gasteiger charge is 2.34. The van der Waals surface area contributed by atoms with E-state index in [0.29, 0.717) is 45.4 Å². The molecule has 2 N–H and O–H groups in total. The third-order valence-electron chi connectivity index (χ3n) is 5.91. The van der Waals surface area contributed by atoms with E-state index >= 15 is 0 Å². The van der Waals surface area contributed by atoms with Crippen molar-refractivity contribution in [2.75, 3.05) is 30.5 Å². The summed E-state index contributed by atoms with van der Waals surface area (Å²) in [5.74, 6) is -1.14. The van der Waals surface area contributed by atoms with Gasteiger partial charge in [0.15, 0.2) is 0 Å². The number of fused-ring (bicyclic) bond motifs is 1. The molecule has 206 valence electrons. The molecule has 1 aliphatic heterocycles. The van der Waals surface area contributed by atoms with Crippen molar-refractivity contribution in [3.05, 3.63) is 76.8 Å². The van der Waals surface area contributed by atoms with Crippen LogP contribution in [0.1, 0.15) is 23.6 Å². The molecule has 0 saturated heterocycles. The molecule has 8 nitrogen and oxygen atoms in total. The van der Waals surface area contributed by atoms with E-state index in [1.54, 1.807) is 42.5 Å². The van der Waals surface area contributed by atoms with Crippen LogP contribution in [0.2, 0.25) is 5.02 Å². The number of amides is 1. The summed E-state index contributed by atoms with van der Waals surface area (Å²) in [7, 11) is 1.45. The van der Waals surface area contributed by atoms with Crippen molar-refractivity contribution in [2.24, 2.45) is 0 Å². The lowest BCUT2D eigenvalue weighted by Crippen LogP contribution is -2.37. The van der Waals surface area contributed by atoms with Gasteiger partial charge in [-0.15, -0.1) is 13.2 Å². The molecule has 0 aliphatic carbocycles. The summed E-state index contributed by atoms with van der Waals surface area (Å²) in [4.78, 5) is 26.2. The molecule has 0 aromatic heterocycles. The van der Waals surface area contributed by atoms with Crippen LogP contribution in [0.25, 0.3) is 0 Å². The third-order valence-corrected chi connectivity index (χ3v) is 6.17. The van der Waals surface area contributed by atoms with Gasteiger partial charge in [-0.2, -0.15) is 0 Å². The van der Waals surface area contributed by atoms with E-state index in [2.05, 4.69) is 10.1 Å². The number of methoxy groups -OCH3 is 1. The maximum atomic E-state index is 13.9. The minimum absolute atomic E-state index is 0.0750. The number of carbonyl (C=O) groups excluding carboxylic acids is 1. The van der Waals surface area contributed by atoms with Gasteiger partial charge >= 0.3 is 12.3 Å². The highest BCUT2D eigenvalue weighted by atomic mass is 35.5. The van der Waals surface area contributed by atoms with Crippen molar-refractivity contribution >= 4 is 34.9 Å². The van der Waals surface area contributed by atoms with Crippen molar-refractivity contribution in [2.45, 2.75) is 25.2 Å². The summed E-state index contributed by atoms with van der Waals surface area (Å²) in [6.45, 7) is 0.186. The van der Waals surface area contributed by atoms with Crippen LogP contribution in [0.15, 0.2) is 60.7 Å². The zero-order valence-corrected chi connectivity index (χ0v) is 21.4. The van der Waals surface area contributed by atoms with Gasteiger partial charge in [0.05, 0.1) is 25.8 Å². The number of hydrogen-bond donors (Lipinski definition) is 2. The van der Waals surface area contributed by atoms with E-state index in [4.69, 9.17) is 26.2 Å². The van der Waals surface area contributed by atoms with Gasteiger partial charge in [0.2, 0.25) is 0 Å². The fourth-order valence-electron chi connectivity index (χ4n) is 4.16. The normalized spacial score (nSPS) is 13.4. The first-order valence-corrected chi connectivity index (χ1v) is 12.2. The van der Waals surface area contributed by atoms with Gasteiger partial charge in [0.1, 0.15) is 23.3 Å². The van der Waals surface area contributed by atoms with Crippen LogP contribution in [0.5, 0.6) is 17.2 Å². The molecule has 0 radical (unpaired) electrons. The minimum atomic E-state index is -4.87. The van der Waals surface area contributed by atoms with Gasteiger partial charge in [-0.3, -0.25) is 9.59 Å². The van der Waals surface area contributed by atoms with Crippen molar-refractivity contribution in [1.29, 1.82) is 0 Å². The standard InChI is InChI=1S/C27H24ClF3N2O6/c1-37-21-12-19(13-22(14-21)38-11-9-24(34)35)32-25(17-2-5-18(28)6-3-17)26(36)33-10-8-16-4-7-20(15-23(16)33)39-27(29,30)31/h2-7,12-15,25,32H,8-11H2,1H3,(H,34,35). The molecule has 3 aromatic carbocycles. The zero-order valence-electron chi connectivity index (χ0n) is 20.6. The monoisotopic (exact) mass is 564 g/mol. The van der Waals surface area contributed by atoms with Gasteiger partial charge in [0.25, 0.3) is 5.91 Å². The number of rotatable bonds is 10. The Morgan fingerprint density at radius 3 is 2.44 bits per heavy atom. The smallest absolute Gasteiger partial charge is 0.497 e. The van der Waals surface area contributed by atoms with Crippen LogP contribution < -0.4 is 24.4 Å². The predicted molar refractivity (Wildman–Crippen MR) is 138 cm³/mol. The highest BCUT2D eigenvalue weighted by Crippen LogP contribution is 2.37. The van der Waals surface area contributed by atoms with Gasteiger partial charge in [-0.05, 0) is 35.7 Å². The Morgan fingerprint density at radius 2 is 1.77 bits per heavy atom. The van der Waals surface area contributed by atoms with E-state index in [0.717, 1.165) is 0 Å². The van der Waals surface area contributed by atoms with Gasteiger partial charge < -0.3 is 29.5 Å². The van der Waals surface area contributed by atoms with Crippen molar-refractivity contribution in [1.82, 2.24) is 0 Å². The quantitative estimate of drug-likeness (QED) is 0.319. The van der Waals surface area contributed by atoms with Gasteiger partial charge in [0, 0.05) is 41.5 Å². The zero-order chi connectivity index (χ0) is 28.2. The number of benzene rings is 3. The number of carbonyl (C=O) groups is 2. The second-order valence-electron chi connectivity index (χ2n) is 8.60. The van der Waals surface area contributed by atoms with Gasteiger partial charge in [-0.1, -0.05) is 29.8 Å². The first-order valence-electron chi connectivity index (χ1n) is 11.8. The Balaban J connectivity index is 1.66. The van der Waals surface area contributed by atoms with Gasteiger partial charge in [-0.25, -0.2) is 0 Å². The fourth-order valence-corrected chi connectivity index (χ4v) is 4.29. The Kier molecular flexibility index (Phi) is 8.39. The molecule has 3 aromatic rings. The number of nitrogens with zero attached hydrogens (tertiary/aromatic N) is 1. The lowest BCUT2D eigenvalue weighted by atomic mass is 10.0. The molecule has 1 amide bonds. The number of nitrogens with one attached hydrogen (secondary N) is 1. The topological polar surface area (TPSA) is 97.3 Å². The Bertz CT molecular complexity index is 1350. The molecule has 0 spiro atoms. The molecule has 1 unspecified atom stereocenters. The predicted octanol–water partition coefficient (Wildman–Crippen LogP) is 5.84. The molecular weight excluding hydrogens is 541 g/mol. The molecule has 4 rings (SSSR count). The van der Waals surface area contributed by atoms with Crippen LogP contribution in [0.3, 0.4) is 0 Å². The van der Waals surface area contributed by atoms with E-state index in [9.17, 15) is 22.8 Å².